The lowest BCUT2D eigenvalue weighted by Crippen LogP contribution is -2.47. The van der Waals surface area contributed by atoms with Crippen molar-refractivity contribution in [2.45, 2.75) is 38.8 Å². The summed E-state index contributed by atoms with van der Waals surface area (Å²) in [5, 5.41) is 7.23. The van der Waals surface area contributed by atoms with Crippen molar-refractivity contribution in [3.63, 3.8) is 0 Å². The predicted octanol–water partition coefficient (Wildman–Crippen LogP) is 2.90. The first-order chi connectivity index (χ1) is 12.0. The van der Waals surface area contributed by atoms with E-state index in [1.165, 1.54) is 0 Å². The van der Waals surface area contributed by atoms with Crippen molar-refractivity contribution in [3.05, 3.63) is 29.3 Å². The van der Waals surface area contributed by atoms with E-state index >= 15 is 0 Å². The van der Waals surface area contributed by atoms with Crippen molar-refractivity contribution < 1.29 is 9.53 Å². The van der Waals surface area contributed by atoms with E-state index in [1.54, 1.807) is 13.1 Å². The van der Waals surface area contributed by atoms with Gasteiger partial charge in [0.15, 0.2) is 5.96 Å². The number of halogens is 2. The summed E-state index contributed by atoms with van der Waals surface area (Å²) < 4.78 is 5.84. The Kier molecular flexibility index (Phi) is 10.1. The Morgan fingerprint density at radius 3 is 2.85 bits per heavy atom. The smallest absolute Gasteiger partial charge is 0.222 e. The molecule has 8 heteroatoms. The van der Waals surface area contributed by atoms with Crippen molar-refractivity contribution in [3.8, 4) is 5.75 Å². The maximum atomic E-state index is 11.8. The summed E-state index contributed by atoms with van der Waals surface area (Å²) in [4.78, 5) is 17.9. The van der Waals surface area contributed by atoms with Crippen molar-refractivity contribution in [1.29, 1.82) is 0 Å². The number of nitrogens with one attached hydrogen (secondary N) is 2. The van der Waals surface area contributed by atoms with Crippen LogP contribution in [0, 0.1) is 0 Å². The third kappa shape index (κ3) is 6.83. The highest BCUT2D eigenvalue weighted by atomic mass is 127. The topological polar surface area (TPSA) is 66.0 Å². The largest absolute Gasteiger partial charge is 0.487 e. The summed E-state index contributed by atoms with van der Waals surface area (Å²) in [6.07, 6.45) is 1.41. The van der Waals surface area contributed by atoms with E-state index in [9.17, 15) is 4.79 Å². The number of hydrogen-bond donors (Lipinski definition) is 2. The van der Waals surface area contributed by atoms with Gasteiger partial charge in [0.1, 0.15) is 11.9 Å². The van der Waals surface area contributed by atoms with Gasteiger partial charge in [0.2, 0.25) is 5.91 Å². The Labute approximate surface area is 177 Å². The SMILES string of the molecule is CCC(=O)N1CCC(NC(=NC)NCC(C)Oc2ccccc2Cl)C1.I. The minimum Gasteiger partial charge on any atom is -0.487 e. The Hall–Kier alpha value is -1.22. The Morgan fingerprint density at radius 1 is 1.46 bits per heavy atom. The van der Waals surface area contributed by atoms with Crippen LogP contribution in [0.5, 0.6) is 5.75 Å². The summed E-state index contributed by atoms with van der Waals surface area (Å²) in [6, 6.07) is 7.65. The van der Waals surface area contributed by atoms with Gasteiger partial charge in [-0.3, -0.25) is 9.79 Å². The van der Waals surface area contributed by atoms with Gasteiger partial charge in [-0.2, -0.15) is 0 Å². The summed E-state index contributed by atoms with van der Waals surface area (Å²) in [7, 11) is 1.73. The highest BCUT2D eigenvalue weighted by Crippen LogP contribution is 2.24. The van der Waals surface area contributed by atoms with Gasteiger partial charge in [0, 0.05) is 32.6 Å². The molecule has 26 heavy (non-hydrogen) atoms. The maximum absolute atomic E-state index is 11.8. The number of guanidine groups is 1. The van der Waals surface area contributed by atoms with Crippen LogP contribution >= 0.6 is 35.6 Å². The molecule has 1 heterocycles. The van der Waals surface area contributed by atoms with E-state index in [2.05, 4.69) is 15.6 Å². The number of ether oxygens (including phenoxy) is 1. The van der Waals surface area contributed by atoms with Gasteiger partial charge in [-0.25, -0.2) is 0 Å². The van der Waals surface area contributed by atoms with E-state index in [1.807, 2.05) is 36.9 Å². The number of carbonyl (C=O) groups is 1. The number of carbonyl (C=O) groups excluding carboxylic acids is 1. The molecule has 1 amide bonds. The van der Waals surface area contributed by atoms with Gasteiger partial charge in [-0.05, 0) is 25.5 Å². The second-order valence-corrected chi connectivity index (χ2v) is 6.54. The third-order valence-corrected chi connectivity index (χ3v) is 4.44. The number of hydrogen-bond acceptors (Lipinski definition) is 3. The fourth-order valence-electron chi connectivity index (χ4n) is 2.76. The molecule has 0 aliphatic carbocycles. The Bertz CT molecular complexity index is 615. The molecule has 2 rings (SSSR count). The van der Waals surface area contributed by atoms with E-state index < -0.39 is 0 Å². The molecule has 0 saturated carbocycles. The van der Waals surface area contributed by atoms with Crippen LogP contribution in [0.25, 0.3) is 0 Å². The normalized spacial score (nSPS) is 18.1. The van der Waals surface area contributed by atoms with Crippen molar-refractivity contribution in [2.24, 2.45) is 4.99 Å². The molecule has 2 unspecified atom stereocenters. The fourth-order valence-corrected chi connectivity index (χ4v) is 2.94. The highest BCUT2D eigenvalue weighted by molar-refractivity contribution is 14.0. The molecular weight excluding hydrogens is 467 g/mol. The molecule has 1 aromatic rings. The average molecular weight is 495 g/mol. The number of aliphatic imine (C=N–C) groups is 1. The van der Waals surface area contributed by atoms with E-state index in [0.29, 0.717) is 29.7 Å². The zero-order valence-corrected chi connectivity index (χ0v) is 18.6. The summed E-state index contributed by atoms with van der Waals surface area (Å²) >= 11 is 6.11. The summed E-state index contributed by atoms with van der Waals surface area (Å²) in [5.41, 5.74) is 0. The van der Waals surface area contributed by atoms with Gasteiger partial charge in [0.05, 0.1) is 11.6 Å². The molecule has 1 aliphatic rings. The standard InChI is InChI=1S/C18H27ClN4O2.HI/c1-4-17(24)23-10-9-14(12-23)22-18(20-3)21-11-13(2)25-16-8-6-5-7-15(16)19;/h5-8,13-14H,4,9-12H2,1-3H3,(H2,20,21,22);1H. The monoisotopic (exact) mass is 494 g/mol. The first kappa shape index (κ1) is 22.8. The Balaban J connectivity index is 0.00000338. The predicted molar refractivity (Wildman–Crippen MR) is 117 cm³/mol. The van der Waals surface area contributed by atoms with E-state index in [4.69, 9.17) is 16.3 Å². The molecule has 1 aromatic carbocycles. The van der Waals surface area contributed by atoms with E-state index in [0.717, 1.165) is 19.5 Å². The summed E-state index contributed by atoms with van der Waals surface area (Å²) in [5.74, 6) is 1.59. The number of benzene rings is 1. The lowest BCUT2D eigenvalue weighted by atomic mass is 10.3. The van der Waals surface area contributed by atoms with Gasteiger partial charge in [0.25, 0.3) is 0 Å². The molecule has 0 aromatic heterocycles. The highest BCUT2D eigenvalue weighted by Gasteiger charge is 2.25. The summed E-state index contributed by atoms with van der Waals surface area (Å²) in [6.45, 7) is 5.98. The molecule has 146 valence electrons. The molecule has 0 radical (unpaired) electrons. The minimum atomic E-state index is -0.0693. The molecule has 0 spiro atoms. The van der Waals surface area contributed by atoms with Crippen LogP contribution in [0.4, 0.5) is 0 Å². The van der Waals surface area contributed by atoms with Gasteiger partial charge in [-0.15, -0.1) is 24.0 Å². The molecular formula is C18H28ClIN4O2. The molecule has 1 saturated heterocycles. The molecule has 1 aliphatic heterocycles. The van der Waals surface area contributed by atoms with Gasteiger partial charge < -0.3 is 20.3 Å². The fraction of sp³-hybridized carbons (Fsp3) is 0.556. The van der Waals surface area contributed by atoms with Crippen molar-refractivity contribution in [1.82, 2.24) is 15.5 Å². The van der Waals surface area contributed by atoms with Crippen LogP contribution in [0.15, 0.2) is 29.3 Å². The molecule has 2 atom stereocenters. The van der Waals surface area contributed by atoms with Gasteiger partial charge in [-0.1, -0.05) is 30.7 Å². The van der Waals surface area contributed by atoms with Crippen LogP contribution < -0.4 is 15.4 Å². The average Bonchev–Trinajstić information content (AvgIpc) is 3.08. The van der Waals surface area contributed by atoms with Crippen LogP contribution in [0.1, 0.15) is 26.7 Å². The molecule has 1 fully saturated rings. The van der Waals surface area contributed by atoms with Crippen LogP contribution in [-0.2, 0) is 4.79 Å². The second kappa shape index (κ2) is 11.5. The van der Waals surface area contributed by atoms with E-state index in [-0.39, 0.29) is 42.0 Å². The van der Waals surface area contributed by atoms with Gasteiger partial charge >= 0.3 is 0 Å². The Morgan fingerprint density at radius 2 is 2.19 bits per heavy atom. The van der Waals surface area contributed by atoms with Crippen LogP contribution in [-0.4, -0.2) is 55.6 Å². The number of rotatable bonds is 6. The minimum absolute atomic E-state index is 0. The maximum Gasteiger partial charge on any atom is 0.222 e. The first-order valence-electron chi connectivity index (χ1n) is 8.69. The second-order valence-electron chi connectivity index (χ2n) is 6.14. The first-order valence-corrected chi connectivity index (χ1v) is 9.07. The number of amides is 1. The quantitative estimate of drug-likeness (QED) is 0.363. The molecule has 0 bridgehead atoms. The number of likely N-dealkylation sites (tertiary alicyclic amines) is 1. The van der Waals surface area contributed by atoms with Crippen molar-refractivity contribution in [2.75, 3.05) is 26.7 Å². The lowest BCUT2D eigenvalue weighted by molar-refractivity contribution is -0.129. The van der Waals surface area contributed by atoms with Crippen molar-refractivity contribution >= 4 is 47.4 Å². The number of nitrogens with zero attached hydrogens (tertiary/aromatic N) is 2. The zero-order valence-electron chi connectivity index (χ0n) is 15.5. The number of para-hydroxylation sites is 1. The molecule has 2 N–H and O–H groups in total. The lowest BCUT2D eigenvalue weighted by Gasteiger charge is -2.21. The zero-order chi connectivity index (χ0) is 18.2. The van der Waals surface area contributed by atoms with Crippen LogP contribution in [0.3, 0.4) is 0 Å². The molecule has 6 nitrogen and oxygen atoms in total. The third-order valence-electron chi connectivity index (χ3n) is 4.13. The van der Waals surface area contributed by atoms with Crippen LogP contribution in [0.2, 0.25) is 5.02 Å².